The van der Waals surface area contributed by atoms with Crippen molar-refractivity contribution in [3.05, 3.63) is 35.9 Å². The Balaban J connectivity index is 2.01. The fourth-order valence-corrected chi connectivity index (χ4v) is 1.33. The van der Waals surface area contributed by atoms with E-state index in [4.69, 9.17) is 9.63 Å². The number of aromatic carboxylic acids is 1. The van der Waals surface area contributed by atoms with Gasteiger partial charge in [0.1, 0.15) is 5.56 Å². The smallest absolute Gasteiger partial charge is 0.338 e. The topological polar surface area (TPSA) is 101 Å². The third-order valence-corrected chi connectivity index (χ3v) is 2.16. The van der Waals surface area contributed by atoms with Gasteiger partial charge in [-0.3, -0.25) is 0 Å². The lowest BCUT2D eigenvalue weighted by Gasteiger charge is -2.06. The molecule has 0 fully saturated rings. The highest BCUT2D eigenvalue weighted by atomic mass is 19.1. The monoisotopic (exact) mass is 252 g/mol. The second-order valence-corrected chi connectivity index (χ2v) is 3.34. The van der Waals surface area contributed by atoms with E-state index >= 15 is 0 Å². The first kappa shape index (κ1) is 12.0. The minimum absolute atomic E-state index is 0.116. The molecule has 0 aliphatic carbocycles. The van der Waals surface area contributed by atoms with E-state index in [0.717, 1.165) is 6.07 Å². The van der Waals surface area contributed by atoms with Crippen molar-refractivity contribution in [3.63, 3.8) is 0 Å². The van der Waals surface area contributed by atoms with Gasteiger partial charge in [-0.25, -0.2) is 14.2 Å². The van der Waals surface area contributed by atoms with E-state index in [1.807, 2.05) is 0 Å². The number of carbonyl (C=O) groups is 1. The maximum absolute atomic E-state index is 13.6. The molecule has 0 unspecified atom stereocenters. The van der Waals surface area contributed by atoms with Gasteiger partial charge in [0.05, 0.1) is 0 Å². The van der Waals surface area contributed by atoms with Crippen LogP contribution in [0, 0.1) is 5.82 Å². The summed E-state index contributed by atoms with van der Waals surface area (Å²) < 4.78 is 18.4. The minimum Gasteiger partial charge on any atom is -0.478 e. The molecular formula is C10H9FN4O3. The van der Waals surface area contributed by atoms with Gasteiger partial charge in [0.15, 0.2) is 18.0 Å². The summed E-state index contributed by atoms with van der Waals surface area (Å²) in [5.74, 6) is -1.95. The van der Waals surface area contributed by atoms with Crippen molar-refractivity contribution in [2.45, 2.75) is 6.42 Å². The van der Waals surface area contributed by atoms with Crippen molar-refractivity contribution in [3.8, 4) is 0 Å². The molecule has 0 radical (unpaired) electrons. The number of anilines is 1. The van der Waals surface area contributed by atoms with Crippen molar-refractivity contribution >= 4 is 11.8 Å². The Morgan fingerprint density at radius 1 is 1.50 bits per heavy atom. The van der Waals surface area contributed by atoms with Crippen LogP contribution < -0.4 is 5.32 Å². The normalized spacial score (nSPS) is 10.3. The van der Waals surface area contributed by atoms with E-state index in [0.29, 0.717) is 18.9 Å². The molecule has 18 heavy (non-hydrogen) atoms. The highest BCUT2D eigenvalue weighted by molar-refractivity contribution is 5.88. The number of nitrogens with zero attached hydrogens (tertiary/aromatic N) is 3. The van der Waals surface area contributed by atoms with Crippen LogP contribution in [0.15, 0.2) is 23.1 Å². The summed E-state index contributed by atoms with van der Waals surface area (Å²) in [5.41, 5.74) is -0.426. The van der Waals surface area contributed by atoms with Crippen LogP contribution in [0.4, 0.5) is 10.2 Å². The molecule has 0 bridgehead atoms. The van der Waals surface area contributed by atoms with E-state index in [-0.39, 0.29) is 5.82 Å². The van der Waals surface area contributed by atoms with Crippen LogP contribution >= 0.6 is 0 Å². The van der Waals surface area contributed by atoms with E-state index in [9.17, 15) is 9.18 Å². The Morgan fingerprint density at radius 3 is 3.00 bits per heavy atom. The number of carboxylic acid groups (broad SMARTS) is 1. The van der Waals surface area contributed by atoms with E-state index < -0.39 is 17.3 Å². The maximum Gasteiger partial charge on any atom is 0.338 e. The first-order chi connectivity index (χ1) is 8.68. The van der Waals surface area contributed by atoms with Gasteiger partial charge in [0.2, 0.25) is 5.89 Å². The Kier molecular flexibility index (Phi) is 3.46. The quantitative estimate of drug-likeness (QED) is 0.816. The lowest BCUT2D eigenvalue weighted by atomic mass is 10.2. The molecule has 2 heterocycles. The fourth-order valence-electron chi connectivity index (χ4n) is 1.33. The molecule has 0 spiro atoms. The largest absolute Gasteiger partial charge is 0.478 e. The predicted molar refractivity (Wildman–Crippen MR) is 57.6 cm³/mol. The summed E-state index contributed by atoms with van der Waals surface area (Å²) in [6.45, 7) is 0.301. The molecule has 0 saturated heterocycles. The first-order valence-corrected chi connectivity index (χ1v) is 5.05. The maximum atomic E-state index is 13.6. The van der Waals surface area contributed by atoms with Gasteiger partial charge in [0.25, 0.3) is 0 Å². The Labute approximate surface area is 101 Å². The molecule has 2 N–H and O–H groups in total. The molecule has 2 rings (SSSR count). The van der Waals surface area contributed by atoms with Gasteiger partial charge in [0, 0.05) is 19.2 Å². The molecule has 8 heteroatoms. The summed E-state index contributed by atoms with van der Waals surface area (Å²) >= 11 is 0. The Hall–Kier alpha value is -2.51. The standard InChI is InChI=1S/C10H9FN4O3/c11-8-6(10(16)17)1-3-12-9(8)13-4-2-7-14-5-15-18-7/h1,3,5H,2,4H2,(H,12,13)(H,16,17). The number of aromatic nitrogens is 3. The van der Waals surface area contributed by atoms with Crippen LogP contribution in [0.3, 0.4) is 0 Å². The van der Waals surface area contributed by atoms with Crippen molar-refractivity contribution in [2.75, 3.05) is 11.9 Å². The summed E-state index contributed by atoms with van der Waals surface area (Å²) in [6, 6.07) is 1.10. The number of halogens is 1. The van der Waals surface area contributed by atoms with E-state index in [1.54, 1.807) is 0 Å². The molecule has 7 nitrogen and oxygen atoms in total. The number of rotatable bonds is 5. The highest BCUT2D eigenvalue weighted by Crippen LogP contribution is 2.14. The van der Waals surface area contributed by atoms with Gasteiger partial charge in [-0.15, -0.1) is 0 Å². The Morgan fingerprint density at radius 2 is 2.33 bits per heavy atom. The van der Waals surface area contributed by atoms with Gasteiger partial charge in [-0.05, 0) is 6.07 Å². The molecule has 0 saturated carbocycles. The average Bonchev–Trinajstić information content (AvgIpc) is 2.84. The summed E-state index contributed by atoms with van der Waals surface area (Å²) in [6.07, 6.45) is 2.87. The molecule has 0 atom stereocenters. The molecular weight excluding hydrogens is 243 g/mol. The molecule has 94 valence electrons. The second kappa shape index (κ2) is 5.21. The fraction of sp³-hybridized carbons (Fsp3) is 0.200. The van der Waals surface area contributed by atoms with Gasteiger partial charge >= 0.3 is 5.97 Å². The lowest BCUT2D eigenvalue weighted by molar-refractivity contribution is 0.0692. The van der Waals surface area contributed by atoms with E-state index in [2.05, 4.69) is 20.4 Å². The third kappa shape index (κ3) is 2.59. The van der Waals surface area contributed by atoms with E-state index in [1.165, 1.54) is 12.5 Å². The lowest BCUT2D eigenvalue weighted by Crippen LogP contribution is -2.11. The molecule has 0 aliphatic heterocycles. The number of hydrogen-bond donors (Lipinski definition) is 2. The zero-order chi connectivity index (χ0) is 13.0. The SMILES string of the molecule is O=C(O)c1ccnc(NCCc2ncno2)c1F. The zero-order valence-electron chi connectivity index (χ0n) is 9.13. The summed E-state index contributed by atoms with van der Waals surface area (Å²) in [5, 5.41) is 14.8. The number of hydrogen-bond acceptors (Lipinski definition) is 6. The molecule has 0 aromatic carbocycles. The molecule has 0 aliphatic rings. The van der Waals surface area contributed by atoms with Crippen LogP contribution in [0.1, 0.15) is 16.2 Å². The highest BCUT2D eigenvalue weighted by Gasteiger charge is 2.14. The molecule has 2 aromatic heterocycles. The van der Waals surface area contributed by atoms with Crippen LogP contribution in [-0.4, -0.2) is 32.7 Å². The van der Waals surface area contributed by atoms with Crippen molar-refractivity contribution in [1.29, 1.82) is 0 Å². The first-order valence-electron chi connectivity index (χ1n) is 5.05. The van der Waals surface area contributed by atoms with Gasteiger partial charge < -0.3 is 14.9 Å². The molecule has 2 aromatic rings. The second-order valence-electron chi connectivity index (χ2n) is 3.34. The number of nitrogens with one attached hydrogen (secondary N) is 1. The van der Waals surface area contributed by atoms with Crippen LogP contribution in [0.2, 0.25) is 0 Å². The summed E-state index contributed by atoms with van der Waals surface area (Å²) in [4.78, 5) is 18.2. The number of carboxylic acids is 1. The molecule has 0 amide bonds. The van der Waals surface area contributed by atoms with Crippen LogP contribution in [-0.2, 0) is 6.42 Å². The van der Waals surface area contributed by atoms with Crippen molar-refractivity contribution < 1.29 is 18.8 Å². The Bertz CT molecular complexity index is 544. The van der Waals surface area contributed by atoms with Crippen LogP contribution in [0.25, 0.3) is 0 Å². The van der Waals surface area contributed by atoms with Gasteiger partial charge in [-0.1, -0.05) is 5.16 Å². The summed E-state index contributed by atoms with van der Waals surface area (Å²) in [7, 11) is 0. The minimum atomic E-state index is -1.34. The number of pyridine rings is 1. The van der Waals surface area contributed by atoms with Crippen molar-refractivity contribution in [2.24, 2.45) is 0 Å². The van der Waals surface area contributed by atoms with Crippen LogP contribution in [0.5, 0.6) is 0 Å². The zero-order valence-corrected chi connectivity index (χ0v) is 9.13. The third-order valence-electron chi connectivity index (χ3n) is 2.16. The average molecular weight is 252 g/mol. The predicted octanol–water partition coefficient (Wildman–Crippen LogP) is 0.957. The van der Waals surface area contributed by atoms with Gasteiger partial charge in [-0.2, -0.15) is 4.98 Å². The van der Waals surface area contributed by atoms with Crippen molar-refractivity contribution in [1.82, 2.24) is 15.1 Å².